The first kappa shape index (κ1) is 13.1. The maximum Gasteiger partial charge on any atom is 0.251 e. The van der Waals surface area contributed by atoms with Crippen LogP contribution in [0.1, 0.15) is 5.82 Å². The van der Waals surface area contributed by atoms with Crippen molar-refractivity contribution < 1.29 is 4.74 Å². The van der Waals surface area contributed by atoms with E-state index in [1.807, 2.05) is 0 Å². The fraction of sp³-hybridized carbons (Fsp3) is 0.167. The third kappa shape index (κ3) is 3.10. The molecule has 94 valence electrons. The number of rotatable bonds is 3. The zero-order valence-electron chi connectivity index (χ0n) is 9.54. The topological polar surface area (TPSA) is 55.0 Å². The summed E-state index contributed by atoms with van der Waals surface area (Å²) in [4.78, 5) is 18.4. The molecule has 0 saturated carbocycles. The predicted octanol–water partition coefficient (Wildman–Crippen LogP) is 2.89. The van der Waals surface area contributed by atoms with E-state index in [9.17, 15) is 4.79 Å². The van der Waals surface area contributed by atoms with Gasteiger partial charge in [0.05, 0.1) is 5.69 Å². The Morgan fingerprint density at radius 1 is 1.22 bits per heavy atom. The largest absolute Gasteiger partial charge is 0.377 e. The number of aromatic nitrogens is 2. The minimum atomic E-state index is -0.247. The second-order valence-corrected chi connectivity index (χ2v) is 4.54. The SMILES string of the molecule is COCc1nc(-c2cc(Cl)cc(Cl)c2)cc(=O)[nH]1. The zero-order valence-corrected chi connectivity index (χ0v) is 11.0. The van der Waals surface area contributed by atoms with Crippen LogP contribution >= 0.6 is 23.2 Å². The molecule has 0 aliphatic rings. The van der Waals surface area contributed by atoms with Crippen LogP contribution in [-0.4, -0.2) is 17.1 Å². The Balaban J connectivity index is 2.52. The minimum absolute atomic E-state index is 0.234. The summed E-state index contributed by atoms with van der Waals surface area (Å²) in [7, 11) is 1.53. The Morgan fingerprint density at radius 2 is 1.89 bits per heavy atom. The number of ether oxygens (including phenoxy) is 1. The number of halogens is 2. The molecule has 0 atom stereocenters. The smallest absolute Gasteiger partial charge is 0.251 e. The van der Waals surface area contributed by atoms with Crippen molar-refractivity contribution in [1.82, 2.24) is 9.97 Å². The number of nitrogens with one attached hydrogen (secondary N) is 1. The predicted molar refractivity (Wildman–Crippen MR) is 71.0 cm³/mol. The minimum Gasteiger partial charge on any atom is -0.377 e. The second kappa shape index (κ2) is 5.52. The average Bonchev–Trinajstić information content (AvgIpc) is 2.27. The molecule has 0 radical (unpaired) electrons. The van der Waals surface area contributed by atoms with E-state index in [0.29, 0.717) is 27.1 Å². The highest BCUT2D eigenvalue weighted by Gasteiger charge is 2.06. The number of benzene rings is 1. The zero-order chi connectivity index (χ0) is 13.1. The van der Waals surface area contributed by atoms with Gasteiger partial charge in [0, 0.05) is 28.8 Å². The van der Waals surface area contributed by atoms with Crippen molar-refractivity contribution in [2.24, 2.45) is 0 Å². The van der Waals surface area contributed by atoms with Gasteiger partial charge in [-0.1, -0.05) is 23.2 Å². The average molecular weight is 285 g/mol. The molecule has 0 spiro atoms. The fourth-order valence-electron chi connectivity index (χ4n) is 1.56. The van der Waals surface area contributed by atoms with Gasteiger partial charge in [-0.2, -0.15) is 0 Å². The summed E-state index contributed by atoms with van der Waals surface area (Å²) in [6, 6.07) is 6.41. The normalized spacial score (nSPS) is 10.6. The molecule has 6 heteroatoms. The fourth-order valence-corrected chi connectivity index (χ4v) is 2.09. The molecule has 1 aromatic heterocycles. The van der Waals surface area contributed by atoms with Gasteiger partial charge in [0.2, 0.25) is 0 Å². The molecule has 2 rings (SSSR count). The number of hydrogen-bond acceptors (Lipinski definition) is 3. The van der Waals surface area contributed by atoms with Crippen LogP contribution in [0, 0.1) is 0 Å². The summed E-state index contributed by atoms with van der Waals surface area (Å²) in [5.74, 6) is 0.455. The van der Waals surface area contributed by atoms with E-state index >= 15 is 0 Å². The van der Waals surface area contributed by atoms with Gasteiger partial charge < -0.3 is 9.72 Å². The highest BCUT2D eigenvalue weighted by Crippen LogP contribution is 2.25. The molecule has 2 aromatic rings. The van der Waals surface area contributed by atoms with Crippen molar-refractivity contribution in [1.29, 1.82) is 0 Å². The number of hydrogen-bond donors (Lipinski definition) is 1. The molecule has 0 fully saturated rings. The number of nitrogens with zero attached hydrogens (tertiary/aromatic N) is 1. The van der Waals surface area contributed by atoms with Crippen molar-refractivity contribution in [3.63, 3.8) is 0 Å². The molecular formula is C12H10Cl2N2O2. The Hall–Kier alpha value is -1.36. The van der Waals surface area contributed by atoms with Crippen LogP contribution in [0.2, 0.25) is 10.0 Å². The summed E-state index contributed by atoms with van der Waals surface area (Å²) in [6.07, 6.45) is 0. The van der Waals surface area contributed by atoms with E-state index in [1.165, 1.54) is 13.2 Å². The van der Waals surface area contributed by atoms with E-state index in [4.69, 9.17) is 27.9 Å². The van der Waals surface area contributed by atoms with Gasteiger partial charge in [-0.25, -0.2) is 4.98 Å². The molecule has 0 aliphatic carbocycles. The number of aromatic amines is 1. The van der Waals surface area contributed by atoms with Gasteiger partial charge in [0.25, 0.3) is 5.56 Å². The Bertz CT molecular complexity index is 605. The van der Waals surface area contributed by atoms with Crippen LogP contribution < -0.4 is 5.56 Å². The Morgan fingerprint density at radius 3 is 2.50 bits per heavy atom. The van der Waals surface area contributed by atoms with Crippen LogP contribution in [0.4, 0.5) is 0 Å². The Kier molecular flexibility index (Phi) is 4.01. The molecule has 1 heterocycles. The van der Waals surface area contributed by atoms with Crippen LogP contribution in [0.15, 0.2) is 29.1 Å². The summed E-state index contributed by atoms with van der Waals surface area (Å²) in [5.41, 5.74) is 0.953. The van der Waals surface area contributed by atoms with Gasteiger partial charge >= 0.3 is 0 Å². The van der Waals surface area contributed by atoms with Crippen LogP contribution in [0.3, 0.4) is 0 Å². The molecule has 0 saturated heterocycles. The summed E-state index contributed by atoms with van der Waals surface area (Å²) < 4.78 is 4.94. The molecule has 4 nitrogen and oxygen atoms in total. The third-order valence-electron chi connectivity index (χ3n) is 2.23. The molecule has 1 N–H and O–H groups in total. The molecular weight excluding hydrogens is 275 g/mol. The highest BCUT2D eigenvalue weighted by molar-refractivity contribution is 6.35. The van der Waals surface area contributed by atoms with E-state index in [0.717, 1.165) is 0 Å². The first-order valence-corrected chi connectivity index (χ1v) is 5.90. The van der Waals surface area contributed by atoms with Crippen molar-refractivity contribution >= 4 is 23.2 Å². The van der Waals surface area contributed by atoms with Crippen molar-refractivity contribution in [2.75, 3.05) is 7.11 Å². The van der Waals surface area contributed by atoms with Crippen LogP contribution in [-0.2, 0) is 11.3 Å². The van der Waals surface area contributed by atoms with Gasteiger partial charge in [0.1, 0.15) is 12.4 Å². The molecule has 18 heavy (non-hydrogen) atoms. The van der Waals surface area contributed by atoms with Crippen molar-refractivity contribution in [3.05, 3.63) is 50.5 Å². The molecule has 0 unspecified atom stereocenters. The maximum absolute atomic E-state index is 11.5. The lowest BCUT2D eigenvalue weighted by Gasteiger charge is -2.05. The summed E-state index contributed by atoms with van der Waals surface area (Å²) in [6.45, 7) is 0.234. The van der Waals surface area contributed by atoms with E-state index in [-0.39, 0.29) is 12.2 Å². The summed E-state index contributed by atoms with van der Waals surface area (Å²) in [5, 5.41) is 0.987. The van der Waals surface area contributed by atoms with E-state index in [1.54, 1.807) is 18.2 Å². The standard InChI is InChI=1S/C12H10Cl2N2O2/c1-18-6-11-15-10(5-12(17)16-11)7-2-8(13)4-9(14)3-7/h2-5H,6H2,1H3,(H,15,16,17). The van der Waals surface area contributed by atoms with Crippen LogP contribution in [0.25, 0.3) is 11.3 Å². The van der Waals surface area contributed by atoms with Crippen molar-refractivity contribution in [3.8, 4) is 11.3 Å². The lowest BCUT2D eigenvalue weighted by Crippen LogP contribution is -2.11. The molecule has 0 aliphatic heterocycles. The summed E-state index contributed by atoms with van der Waals surface area (Å²) >= 11 is 11.8. The lowest BCUT2D eigenvalue weighted by atomic mass is 10.1. The van der Waals surface area contributed by atoms with Crippen molar-refractivity contribution in [2.45, 2.75) is 6.61 Å². The van der Waals surface area contributed by atoms with E-state index in [2.05, 4.69) is 9.97 Å². The molecule has 0 bridgehead atoms. The Labute approximate surface area is 114 Å². The first-order chi connectivity index (χ1) is 8.58. The third-order valence-corrected chi connectivity index (χ3v) is 2.67. The van der Waals surface area contributed by atoms with Gasteiger partial charge in [-0.05, 0) is 18.2 Å². The molecule has 0 amide bonds. The number of H-pyrrole nitrogens is 1. The van der Waals surface area contributed by atoms with Crippen LogP contribution in [0.5, 0.6) is 0 Å². The quantitative estimate of drug-likeness (QED) is 0.943. The highest BCUT2D eigenvalue weighted by atomic mass is 35.5. The first-order valence-electron chi connectivity index (χ1n) is 5.14. The lowest BCUT2D eigenvalue weighted by molar-refractivity contribution is 0.177. The monoisotopic (exact) mass is 284 g/mol. The van der Waals surface area contributed by atoms with E-state index < -0.39 is 0 Å². The van der Waals surface area contributed by atoms with Gasteiger partial charge in [-0.15, -0.1) is 0 Å². The van der Waals surface area contributed by atoms with Gasteiger partial charge in [-0.3, -0.25) is 4.79 Å². The molecule has 1 aromatic carbocycles. The second-order valence-electron chi connectivity index (χ2n) is 3.67. The van der Waals surface area contributed by atoms with Gasteiger partial charge in [0.15, 0.2) is 0 Å². The maximum atomic E-state index is 11.5. The number of methoxy groups -OCH3 is 1.